The fourth-order valence-electron chi connectivity index (χ4n) is 3.70. The summed E-state index contributed by atoms with van der Waals surface area (Å²) in [4.78, 5) is 15.8. The zero-order valence-electron chi connectivity index (χ0n) is 17.8. The number of aliphatic carboxylic acids is 1. The number of halogens is 1. The van der Waals surface area contributed by atoms with Crippen molar-refractivity contribution in [3.8, 4) is 0 Å². The van der Waals surface area contributed by atoms with Crippen LogP contribution in [-0.4, -0.2) is 93.8 Å². The van der Waals surface area contributed by atoms with Crippen molar-refractivity contribution in [3.05, 3.63) is 64.9 Å². The van der Waals surface area contributed by atoms with Gasteiger partial charge >= 0.3 is 5.97 Å². The van der Waals surface area contributed by atoms with Crippen LogP contribution in [0, 0.1) is 0 Å². The number of quaternary nitrogens is 1. The highest BCUT2D eigenvalue weighted by atomic mass is 35.5. The molecule has 2 heterocycles. The second-order valence-corrected chi connectivity index (χ2v) is 8.75. The van der Waals surface area contributed by atoms with Crippen LogP contribution in [0.5, 0.6) is 0 Å². The maximum atomic E-state index is 11.4. The van der Waals surface area contributed by atoms with Crippen molar-refractivity contribution in [2.45, 2.75) is 36.7 Å². The lowest BCUT2D eigenvalue weighted by Crippen LogP contribution is -2.68. The van der Waals surface area contributed by atoms with Crippen molar-refractivity contribution in [2.75, 3.05) is 27.2 Å². The molecule has 1 aliphatic heterocycles. The molecule has 4 N–H and O–H groups in total. The number of rotatable bonds is 8. The van der Waals surface area contributed by atoms with Gasteiger partial charge in [-0.05, 0) is 29.8 Å². The third-order valence-electron chi connectivity index (χ3n) is 5.60. The molecule has 0 amide bonds. The SMILES string of the molecule is C[N+](C)(CCOC(c1ccc(Cl)cc1)c1ccccn1)C1OC(C(=O)O)C(O)C(O)C1O. The highest BCUT2D eigenvalue weighted by Crippen LogP contribution is 2.28. The summed E-state index contributed by atoms with van der Waals surface area (Å²) in [6.45, 7) is 0.521. The van der Waals surface area contributed by atoms with Gasteiger partial charge in [0.2, 0.25) is 6.23 Å². The number of aliphatic hydroxyl groups is 3. The third-order valence-corrected chi connectivity index (χ3v) is 5.85. The molecule has 3 rings (SSSR count). The van der Waals surface area contributed by atoms with E-state index in [-0.39, 0.29) is 11.1 Å². The fraction of sp³-hybridized carbons (Fsp3) is 0.455. The van der Waals surface area contributed by atoms with E-state index in [1.807, 2.05) is 30.3 Å². The molecule has 9 nitrogen and oxygen atoms in total. The van der Waals surface area contributed by atoms with Crippen molar-refractivity contribution in [1.82, 2.24) is 4.98 Å². The van der Waals surface area contributed by atoms with Crippen LogP contribution in [0.4, 0.5) is 0 Å². The molecule has 10 heteroatoms. The Balaban J connectivity index is 1.73. The topological polar surface area (TPSA) is 129 Å². The third kappa shape index (κ3) is 5.44. The predicted octanol–water partition coefficient (Wildman–Crippen LogP) is 0.810. The molecule has 0 saturated carbocycles. The Morgan fingerprint density at radius 2 is 1.81 bits per heavy atom. The zero-order valence-corrected chi connectivity index (χ0v) is 18.5. The number of carbonyl (C=O) groups is 1. The molecular formula is C22H28ClN2O7+. The van der Waals surface area contributed by atoms with Crippen molar-refractivity contribution in [1.29, 1.82) is 0 Å². The van der Waals surface area contributed by atoms with Crippen LogP contribution in [0.25, 0.3) is 0 Å². The number of likely N-dealkylation sites (N-methyl/N-ethyl adjacent to an activating group) is 1. The summed E-state index contributed by atoms with van der Waals surface area (Å²) in [6.07, 6.45) is -6.37. The first kappa shape index (κ1) is 24.5. The summed E-state index contributed by atoms with van der Waals surface area (Å²) in [5, 5.41) is 40.4. The summed E-state index contributed by atoms with van der Waals surface area (Å²) >= 11 is 6.01. The second-order valence-electron chi connectivity index (χ2n) is 8.32. The monoisotopic (exact) mass is 467 g/mol. The summed E-state index contributed by atoms with van der Waals surface area (Å²) in [6, 6.07) is 12.8. The van der Waals surface area contributed by atoms with Gasteiger partial charge in [-0.1, -0.05) is 29.8 Å². The molecule has 32 heavy (non-hydrogen) atoms. The highest BCUT2D eigenvalue weighted by Gasteiger charge is 2.52. The Morgan fingerprint density at radius 3 is 2.41 bits per heavy atom. The van der Waals surface area contributed by atoms with E-state index in [0.29, 0.717) is 17.3 Å². The Labute approximate surface area is 191 Å². The quantitative estimate of drug-likeness (QED) is 0.420. The molecule has 6 atom stereocenters. The number of carboxylic acid groups (broad SMARTS) is 1. The molecule has 0 aliphatic carbocycles. The molecule has 174 valence electrons. The summed E-state index contributed by atoms with van der Waals surface area (Å²) < 4.78 is 11.6. The van der Waals surface area contributed by atoms with E-state index in [2.05, 4.69) is 4.98 Å². The van der Waals surface area contributed by atoms with E-state index in [1.165, 1.54) is 0 Å². The number of aromatic nitrogens is 1. The van der Waals surface area contributed by atoms with Gasteiger partial charge in [-0.2, -0.15) is 0 Å². The molecule has 0 spiro atoms. The molecule has 1 aliphatic rings. The lowest BCUT2D eigenvalue weighted by atomic mass is 9.97. The van der Waals surface area contributed by atoms with Crippen molar-refractivity contribution < 1.29 is 39.2 Å². The fourth-order valence-corrected chi connectivity index (χ4v) is 3.82. The average Bonchev–Trinajstić information content (AvgIpc) is 2.76. The van der Waals surface area contributed by atoms with Crippen molar-refractivity contribution >= 4 is 17.6 Å². The number of aliphatic hydroxyl groups excluding tert-OH is 3. The standard InChI is InChI=1S/C22H27ClN2O7/c1-25(2,21-18(28)16(26)17(27)20(32-21)22(29)30)11-12-31-19(15-5-3-4-10-24-15)13-6-8-14(23)9-7-13/h3-10,16-21,26-28H,11-12H2,1-2H3/p+1. The van der Waals surface area contributed by atoms with Crippen LogP contribution in [0.2, 0.25) is 5.02 Å². The average molecular weight is 468 g/mol. The van der Waals surface area contributed by atoms with Gasteiger partial charge in [0.1, 0.15) is 24.9 Å². The minimum Gasteiger partial charge on any atom is -0.479 e. The highest BCUT2D eigenvalue weighted by molar-refractivity contribution is 6.30. The van der Waals surface area contributed by atoms with Crippen LogP contribution >= 0.6 is 11.6 Å². The molecule has 6 unspecified atom stereocenters. The lowest BCUT2D eigenvalue weighted by Gasteiger charge is -2.46. The molecule has 1 fully saturated rings. The lowest BCUT2D eigenvalue weighted by molar-refractivity contribution is -0.944. The first-order valence-electron chi connectivity index (χ1n) is 10.1. The number of ether oxygens (including phenoxy) is 2. The van der Waals surface area contributed by atoms with Crippen LogP contribution in [-0.2, 0) is 14.3 Å². The Kier molecular flexibility index (Phi) is 7.84. The van der Waals surface area contributed by atoms with E-state index < -0.39 is 42.7 Å². The smallest absolute Gasteiger partial charge is 0.335 e. The van der Waals surface area contributed by atoms with Crippen molar-refractivity contribution in [3.63, 3.8) is 0 Å². The number of nitrogens with zero attached hydrogens (tertiary/aromatic N) is 2. The van der Waals surface area contributed by atoms with Crippen LogP contribution in [0.15, 0.2) is 48.7 Å². The first-order chi connectivity index (χ1) is 15.1. The Bertz CT molecular complexity index is 897. The van der Waals surface area contributed by atoms with Gasteiger partial charge in [-0.25, -0.2) is 4.79 Å². The van der Waals surface area contributed by atoms with Crippen LogP contribution in [0.3, 0.4) is 0 Å². The van der Waals surface area contributed by atoms with Gasteiger partial charge in [-0.15, -0.1) is 0 Å². The summed E-state index contributed by atoms with van der Waals surface area (Å²) in [5.74, 6) is -1.41. The number of hydrogen-bond donors (Lipinski definition) is 4. The molecule has 2 aromatic rings. The van der Waals surface area contributed by atoms with Gasteiger partial charge < -0.3 is 29.9 Å². The van der Waals surface area contributed by atoms with Crippen molar-refractivity contribution in [2.24, 2.45) is 0 Å². The number of hydrogen-bond acceptors (Lipinski definition) is 7. The number of pyridine rings is 1. The number of benzene rings is 1. The van der Waals surface area contributed by atoms with E-state index in [4.69, 9.17) is 21.1 Å². The molecule has 1 saturated heterocycles. The van der Waals surface area contributed by atoms with Gasteiger partial charge in [0.05, 0.1) is 26.4 Å². The van der Waals surface area contributed by atoms with Gasteiger partial charge in [0.15, 0.2) is 12.2 Å². The predicted molar refractivity (Wildman–Crippen MR) is 115 cm³/mol. The van der Waals surface area contributed by atoms with E-state index >= 15 is 0 Å². The molecule has 0 bridgehead atoms. The summed E-state index contributed by atoms with van der Waals surface area (Å²) in [5.41, 5.74) is 1.57. The van der Waals surface area contributed by atoms with Crippen LogP contribution < -0.4 is 0 Å². The van der Waals surface area contributed by atoms with Gasteiger partial charge in [0.25, 0.3) is 0 Å². The maximum Gasteiger partial charge on any atom is 0.335 e. The largest absolute Gasteiger partial charge is 0.479 e. The van der Waals surface area contributed by atoms with E-state index in [0.717, 1.165) is 5.56 Å². The molecular weight excluding hydrogens is 440 g/mol. The molecule has 1 aromatic heterocycles. The van der Waals surface area contributed by atoms with Gasteiger partial charge in [-0.3, -0.25) is 9.47 Å². The Morgan fingerprint density at radius 1 is 1.12 bits per heavy atom. The number of carboxylic acids is 1. The van der Waals surface area contributed by atoms with Gasteiger partial charge in [0, 0.05) is 11.2 Å². The minimum atomic E-state index is -1.73. The molecule has 0 radical (unpaired) electrons. The maximum absolute atomic E-state index is 11.4. The minimum absolute atomic E-state index is 0.00964. The first-order valence-corrected chi connectivity index (χ1v) is 10.5. The molecule has 1 aromatic carbocycles. The van der Waals surface area contributed by atoms with E-state index in [1.54, 1.807) is 32.4 Å². The van der Waals surface area contributed by atoms with Crippen LogP contribution in [0.1, 0.15) is 17.4 Å². The summed E-state index contributed by atoms with van der Waals surface area (Å²) in [7, 11) is 3.44. The van der Waals surface area contributed by atoms with E-state index in [9.17, 15) is 25.2 Å². The zero-order chi connectivity index (χ0) is 23.5. The normalized spacial score (nSPS) is 27.1. The second kappa shape index (κ2) is 10.2. The Hall–Kier alpha value is -2.11.